The van der Waals surface area contributed by atoms with Crippen LogP contribution in [-0.2, 0) is 11.3 Å². The molecule has 0 aliphatic heterocycles. The number of pyridine rings is 1. The van der Waals surface area contributed by atoms with E-state index in [1.54, 1.807) is 19.3 Å². The van der Waals surface area contributed by atoms with Crippen LogP contribution in [0.2, 0.25) is 0 Å². The molecule has 2 heterocycles. The second kappa shape index (κ2) is 5.66. The molecule has 0 saturated heterocycles. The van der Waals surface area contributed by atoms with Crippen LogP contribution in [0, 0.1) is 5.41 Å². The maximum atomic E-state index is 11.4. The summed E-state index contributed by atoms with van der Waals surface area (Å²) in [7, 11) is 0. The van der Waals surface area contributed by atoms with Gasteiger partial charge >= 0.3 is 5.97 Å². The summed E-state index contributed by atoms with van der Waals surface area (Å²) in [5.74, 6) is -0.367. The van der Waals surface area contributed by atoms with Crippen LogP contribution < -0.4 is 0 Å². The molecule has 0 spiro atoms. The highest BCUT2D eigenvalue weighted by molar-refractivity contribution is 9.10. The fourth-order valence-corrected chi connectivity index (χ4v) is 2.08. The van der Waals surface area contributed by atoms with Crippen LogP contribution in [0.3, 0.4) is 0 Å². The van der Waals surface area contributed by atoms with Crippen molar-refractivity contribution in [1.29, 1.82) is 0 Å². The summed E-state index contributed by atoms with van der Waals surface area (Å²) in [6, 6.07) is 1.83. The minimum absolute atomic E-state index is 0.202. The summed E-state index contributed by atoms with van der Waals surface area (Å²) in [4.78, 5) is 15.4. The maximum absolute atomic E-state index is 11.4. The second-order valence-corrected chi connectivity index (χ2v) is 5.69. The quantitative estimate of drug-likeness (QED) is 0.895. The first-order chi connectivity index (χ1) is 9.46. The van der Waals surface area contributed by atoms with Gasteiger partial charge in [-0.2, -0.15) is 0 Å². The summed E-state index contributed by atoms with van der Waals surface area (Å²) in [6.45, 7) is 3.71. The van der Waals surface area contributed by atoms with Gasteiger partial charge in [0.1, 0.15) is 0 Å². The Kier molecular flexibility index (Phi) is 4.12. The molecule has 8 heteroatoms. The second-order valence-electron chi connectivity index (χ2n) is 4.77. The average molecular weight is 340 g/mol. The van der Waals surface area contributed by atoms with Crippen molar-refractivity contribution in [3.63, 3.8) is 0 Å². The lowest BCUT2D eigenvalue weighted by molar-refractivity contribution is -0.149. The third-order valence-corrected chi connectivity index (χ3v) is 3.72. The topological polar surface area (TPSA) is 93.8 Å². The summed E-state index contributed by atoms with van der Waals surface area (Å²) < 4.78 is 2.31. The molecule has 1 N–H and O–H groups in total. The smallest absolute Gasteiger partial charge is 0.311 e. The summed E-state index contributed by atoms with van der Waals surface area (Å²) in [5.41, 5.74) is -0.183. The Bertz CT molecular complexity index is 630. The standard InChI is InChI=1S/C12H14BrN5O2/c1-3-12(2,11(19)20)7-18-10(15-16-17-18)8-4-9(13)6-14-5-8/h4-6H,3,7H2,1-2H3,(H,19,20). The van der Waals surface area contributed by atoms with Crippen LogP contribution in [-0.4, -0.2) is 36.3 Å². The Morgan fingerprint density at radius 2 is 2.25 bits per heavy atom. The molecular formula is C12H14BrN5O2. The average Bonchev–Trinajstić information content (AvgIpc) is 2.86. The zero-order valence-electron chi connectivity index (χ0n) is 11.1. The van der Waals surface area contributed by atoms with Crippen molar-refractivity contribution in [2.45, 2.75) is 26.8 Å². The van der Waals surface area contributed by atoms with Crippen molar-refractivity contribution in [2.24, 2.45) is 5.41 Å². The number of aromatic nitrogens is 5. The number of carboxylic acids is 1. The zero-order valence-corrected chi connectivity index (χ0v) is 12.7. The first kappa shape index (κ1) is 14.6. The molecule has 106 valence electrons. The van der Waals surface area contributed by atoms with E-state index in [0.717, 1.165) is 10.0 Å². The van der Waals surface area contributed by atoms with Gasteiger partial charge in [-0.15, -0.1) is 5.10 Å². The SMILES string of the molecule is CCC(C)(Cn1nnnc1-c1cncc(Br)c1)C(=O)O. The van der Waals surface area contributed by atoms with Gasteiger partial charge in [0.15, 0.2) is 5.82 Å². The summed E-state index contributed by atoms with van der Waals surface area (Å²) >= 11 is 3.34. The molecule has 0 aromatic carbocycles. The van der Waals surface area contributed by atoms with Crippen LogP contribution in [0.4, 0.5) is 0 Å². The molecule has 7 nitrogen and oxygen atoms in total. The van der Waals surface area contributed by atoms with Crippen molar-refractivity contribution in [2.75, 3.05) is 0 Å². The van der Waals surface area contributed by atoms with E-state index in [0.29, 0.717) is 12.2 Å². The fraction of sp³-hybridized carbons (Fsp3) is 0.417. The summed E-state index contributed by atoms with van der Waals surface area (Å²) in [6.07, 6.45) is 3.78. The van der Waals surface area contributed by atoms with Crippen LogP contribution in [0.25, 0.3) is 11.4 Å². The maximum Gasteiger partial charge on any atom is 0.311 e. The predicted molar refractivity (Wildman–Crippen MR) is 74.8 cm³/mol. The predicted octanol–water partition coefficient (Wildman–Crippen LogP) is 2.00. The minimum atomic E-state index is -0.913. The number of hydrogen-bond donors (Lipinski definition) is 1. The van der Waals surface area contributed by atoms with E-state index in [-0.39, 0.29) is 6.54 Å². The number of nitrogens with zero attached hydrogens (tertiary/aromatic N) is 5. The Balaban J connectivity index is 2.37. The molecule has 2 rings (SSSR count). The molecule has 0 fully saturated rings. The van der Waals surface area contributed by atoms with Crippen LogP contribution in [0.15, 0.2) is 22.9 Å². The Hall–Kier alpha value is -1.83. The van der Waals surface area contributed by atoms with E-state index in [2.05, 4.69) is 36.4 Å². The molecular weight excluding hydrogens is 326 g/mol. The molecule has 2 aromatic rings. The van der Waals surface area contributed by atoms with Crippen LogP contribution in [0.5, 0.6) is 0 Å². The van der Waals surface area contributed by atoms with E-state index < -0.39 is 11.4 Å². The number of aliphatic carboxylic acids is 1. The van der Waals surface area contributed by atoms with E-state index >= 15 is 0 Å². The lowest BCUT2D eigenvalue weighted by Crippen LogP contribution is -2.32. The number of carbonyl (C=O) groups is 1. The Morgan fingerprint density at radius 3 is 2.85 bits per heavy atom. The van der Waals surface area contributed by atoms with Crippen molar-refractivity contribution in [3.05, 3.63) is 22.9 Å². The molecule has 20 heavy (non-hydrogen) atoms. The molecule has 1 atom stereocenters. The van der Waals surface area contributed by atoms with Crippen molar-refractivity contribution >= 4 is 21.9 Å². The van der Waals surface area contributed by atoms with E-state index in [9.17, 15) is 9.90 Å². The number of halogens is 1. The van der Waals surface area contributed by atoms with Gasteiger partial charge in [0.2, 0.25) is 0 Å². The van der Waals surface area contributed by atoms with Crippen LogP contribution >= 0.6 is 15.9 Å². The Morgan fingerprint density at radius 1 is 1.50 bits per heavy atom. The number of carboxylic acid groups (broad SMARTS) is 1. The third-order valence-electron chi connectivity index (χ3n) is 3.29. The normalized spacial score (nSPS) is 13.9. The molecule has 0 aliphatic rings. The first-order valence-corrected chi connectivity index (χ1v) is 6.86. The van der Waals surface area contributed by atoms with Gasteiger partial charge in [-0.25, -0.2) is 4.68 Å². The molecule has 2 aromatic heterocycles. The van der Waals surface area contributed by atoms with Gasteiger partial charge in [-0.1, -0.05) is 6.92 Å². The molecule has 0 radical (unpaired) electrons. The molecule has 0 aliphatic carbocycles. The van der Waals surface area contributed by atoms with E-state index in [1.165, 1.54) is 4.68 Å². The van der Waals surface area contributed by atoms with Gasteiger partial charge < -0.3 is 5.11 Å². The number of rotatable bonds is 5. The van der Waals surface area contributed by atoms with Crippen molar-refractivity contribution in [3.8, 4) is 11.4 Å². The highest BCUT2D eigenvalue weighted by Crippen LogP contribution is 2.26. The van der Waals surface area contributed by atoms with Crippen LogP contribution in [0.1, 0.15) is 20.3 Å². The molecule has 1 unspecified atom stereocenters. The third kappa shape index (κ3) is 2.84. The van der Waals surface area contributed by atoms with Gasteiger partial charge in [0, 0.05) is 22.4 Å². The van der Waals surface area contributed by atoms with E-state index in [1.807, 2.05) is 13.0 Å². The highest BCUT2D eigenvalue weighted by atomic mass is 79.9. The molecule has 0 bridgehead atoms. The van der Waals surface area contributed by atoms with Crippen molar-refractivity contribution < 1.29 is 9.90 Å². The first-order valence-electron chi connectivity index (χ1n) is 6.07. The van der Waals surface area contributed by atoms with E-state index in [4.69, 9.17) is 0 Å². The lowest BCUT2D eigenvalue weighted by atomic mass is 9.88. The van der Waals surface area contributed by atoms with Gasteiger partial charge in [-0.05, 0) is 45.8 Å². The molecule has 0 saturated carbocycles. The monoisotopic (exact) mass is 339 g/mol. The highest BCUT2D eigenvalue weighted by Gasteiger charge is 2.33. The number of hydrogen-bond acceptors (Lipinski definition) is 5. The minimum Gasteiger partial charge on any atom is -0.481 e. The van der Waals surface area contributed by atoms with Crippen molar-refractivity contribution in [1.82, 2.24) is 25.2 Å². The van der Waals surface area contributed by atoms with Gasteiger partial charge in [0.05, 0.1) is 12.0 Å². The molecule has 0 amide bonds. The number of tetrazole rings is 1. The van der Waals surface area contributed by atoms with Gasteiger partial charge in [-0.3, -0.25) is 9.78 Å². The largest absolute Gasteiger partial charge is 0.481 e. The summed E-state index contributed by atoms with van der Waals surface area (Å²) in [5, 5.41) is 20.8. The lowest BCUT2D eigenvalue weighted by Gasteiger charge is -2.22. The zero-order chi connectivity index (χ0) is 14.8. The Labute approximate surface area is 124 Å². The fourth-order valence-electron chi connectivity index (χ4n) is 1.71. The van der Waals surface area contributed by atoms with Gasteiger partial charge in [0.25, 0.3) is 0 Å².